The molecule has 2 bridgehead atoms. The normalized spacial score (nSPS) is 25.7. The van der Waals surface area contributed by atoms with E-state index in [1.807, 2.05) is 50.4 Å². The molecule has 1 aromatic heterocycles. The largest absolute Gasteiger partial charge is 0.368 e. The summed E-state index contributed by atoms with van der Waals surface area (Å²) in [4.78, 5) is 87.5. The third-order valence-electron chi connectivity index (χ3n) is 8.99. The Labute approximate surface area is 313 Å². The first-order chi connectivity index (χ1) is 24.9. The number of hydrogen-bond acceptors (Lipinski definition) is 10. The van der Waals surface area contributed by atoms with Gasteiger partial charge in [-0.15, -0.1) is 11.3 Å². The van der Waals surface area contributed by atoms with Gasteiger partial charge in [-0.3, -0.25) is 28.8 Å². The van der Waals surface area contributed by atoms with Gasteiger partial charge < -0.3 is 36.2 Å². The van der Waals surface area contributed by atoms with Crippen molar-refractivity contribution in [3.8, 4) is 0 Å². The molecule has 2 aliphatic rings. The second kappa shape index (κ2) is 19.7. The van der Waals surface area contributed by atoms with E-state index in [-0.39, 0.29) is 37.0 Å². The van der Waals surface area contributed by atoms with Crippen LogP contribution in [-0.4, -0.2) is 107 Å². The first-order valence-electron chi connectivity index (χ1n) is 17.8. The molecular weight excluding hydrogens is 707 g/mol. The van der Waals surface area contributed by atoms with Gasteiger partial charge in [-0.1, -0.05) is 51.1 Å². The molecule has 2 aliphatic heterocycles. The van der Waals surface area contributed by atoms with Gasteiger partial charge >= 0.3 is 0 Å². The van der Waals surface area contributed by atoms with Gasteiger partial charge in [0, 0.05) is 18.5 Å². The molecule has 1 saturated heterocycles. The third kappa shape index (κ3) is 11.5. The molecule has 0 unspecified atom stereocenters. The Bertz CT molecular complexity index is 1550. The predicted octanol–water partition coefficient (Wildman–Crippen LogP) is 1.96. The molecule has 0 radical (unpaired) electrons. The van der Waals surface area contributed by atoms with Gasteiger partial charge in [0.25, 0.3) is 11.8 Å². The zero-order chi connectivity index (χ0) is 37.8. The average Bonchev–Trinajstić information content (AvgIpc) is 3.84. The Balaban J connectivity index is 1.73. The highest BCUT2D eigenvalue weighted by molar-refractivity contribution is 7.98. The Hall–Kier alpha value is -4.02. The van der Waals surface area contributed by atoms with Crippen LogP contribution in [0.2, 0.25) is 0 Å². The molecule has 6 amide bonds. The molecule has 0 aliphatic carbocycles. The summed E-state index contributed by atoms with van der Waals surface area (Å²) in [5, 5.41) is 16.3. The summed E-state index contributed by atoms with van der Waals surface area (Å²) in [6, 6.07) is 5.34. The van der Waals surface area contributed by atoms with Gasteiger partial charge in [0.1, 0.15) is 34.9 Å². The summed E-state index contributed by atoms with van der Waals surface area (Å²) in [7, 11) is 0. The summed E-state index contributed by atoms with van der Waals surface area (Å²) in [6.07, 6.45) is 3.29. The number of thioether (sulfide) groups is 1. The maximum absolute atomic E-state index is 14.0. The van der Waals surface area contributed by atoms with E-state index in [2.05, 4.69) is 31.6 Å². The Kier molecular flexibility index (Phi) is 15.4. The van der Waals surface area contributed by atoms with Gasteiger partial charge in [0.15, 0.2) is 0 Å². The molecule has 2 aromatic rings. The minimum atomic E-state index is -1.00. The Morgan fingerprint density at radius 2 is 1.71 bits per heavy atom. The SMILES string of the molecule is CC[C@@H]1NC(=O)[C@@H](C)NC(=O)c2csc(n2)[C@H](C(C)C)NC(=O)CN(C(=O)[C@@H]2CCCO2)C[C@H](Cc2ccccc2)NC(=O)[C@H](CCSC)NC1=O. The summed E-state index contributed by atoms with van der Waals surface area (Å²) in [6.45, 7) is 7.18. The Morgan fingerprint density at radius 3 is 2.37 bits per heavy atom. The molecular formula is C36H51N7O7S2. The molecule has 284 valence electrons. The number of benzene rings is 1. The van der Waals surface area contributed by atoms with E-state index in [0.29, 0.717) is 43.1 Å². The van der Waals surface area contributed by atoms with Crippen molar-refractivity contribution in [3.63, 3.8) is 0 Å². The van der Waals surface area contributed by atoms with Crippen LogP contribution in [0.1, 0.15) is 80.5 Å². The summed E-state index contributed by atoms with van der Waals surface area (Å²) < 4.78 is 5.74. The van der Waals surface area contributed by atoms with Crippen molar-refractivity contribution >= 4 is 58.5 Å². The lowest BCUT2D eigenvalue weighted by molar-refractivity contribution is -0.144. The molecule has 1 aromatic carbocycles. The van der Waals surface area contributed by atoms with E-state index in [4.69, 9.17) is 4.74 Å². The first-order valence-corrected chi connectivity index (χ1v) is 20.1. The van der Waals surface area contributed by atoms with Crippen LogP contribution < -0.4 is 26.6 Å². The standard InChI is InChI=1S/C36H51N7O7S2/c1-6-25-32(46)40-26(14-16-51-5)33(47)38-24(17-23-11-8-7-9-12-23)18-43(36(49)28-13-10-15-50-28)19-29(44)42-30(21(2)3)35-41-27(20-52-35)34(48)37-22(4)31(45)39-25/h7-9,11-12,20-22,24-26,28,30H,6,10,13-19H2,1-5H3,(H,37,48)(H,38,47)(H,39,45)(H,40,46)(H,42,44)/t22-,24+,25+,26+,28+,30+/m1/s1. The van der Waals surface area contributed by atoms with E-state index in [9.17, 15) is 28.8 Å². The van der Waals surface area contributed by atoms with Crippen LogP contribution in [0.25, 0.3) is 0 Å². The zero-order valence-corrected chi connectivity index (χ0v) is 32.1. The highest BCUT2D eigenvalue weighted by Crippen LogP contribution is 2.25. The van der Waals surface area contributed by atoms with Crippen LogP contribution in [-0.2, 0) is 35.1 Å². The lowest BCUT2D eigenvalue weighted by Gasteiger charge is -2.31. The van der Waals surface area contributed by atoms with E-state index < -0.39 is 65.8 Å². The number of fused-ring (bicyclic) bond motifs is 2. The molecule has 0 spiro atoms. The second-order valence-electron chi connectivity index (χ2n) is 13.5. The third-order valence-corrected chi connectivity index (χ3v) is 10.6. The topological polar surface area (TPSA) is 188 Å². The molecule has 52 heavy (non-hydrogen) atoms. The number of rotatable bonds is 8. The fourth-order valence-corrected chi connectivity index (χ4v) is 7.53. The van der Waals surface area contributed by atoms with Crippen LogP contribution in [0.3, 0.4) is 0 Å². The molecule has 14 nitrogen and oxygen atoms in total. The van der Waals surface area contributed by atoms with Crippen LogP contribution in [0.15, 0.2) is 35.7 Å². The summed E-state index contributed by atoms with van der Waals surface area (Å²) in [5.41, 5.74) is 0.984. The smallest absolute Gasteiger partial charge is 0.271 e. The predicted molar refractivity (Wildman–Crippen MR) is 200 cm³/mol. The van der Waals surface area contributed by atoms with Crippen molar-refractivity contribution in [3.05, 3.63) is 52.0 Å². The fourth-order valence-electron chi connectivity index (χ4n) is 6.04. The van der Waals surface area contributed by atoms with Crippen molar-refractivity contribution < 1.29 is 33.5 Å². The van der Waals surface area contributed by atoms with Crippen molar-refractivity contribution in [2.75, 3.05) is 31.7 Å². The zero-order valence-electron chi connectivity index (χ0n) is 30.4. The van der Waals surface area contributed by atoms with Gasteiger partial charge in [0.05, 0.1) is 18.6 Å². The number of nitrogens with zero attached hydrogens (tertiary/aromatic N) is 2. The van der Waals surface area contributed by atoms with Crippen LogP contribution in [0.4, 0.5) is 0 Å². The number of aromatic nitrogens is 1. The average molecular weight is 758 g/mol. The van der Waals surface area contributed by atoms with E-state index in [0.717, 1.165) is 5.56 Å². The molecule has 5 N–H and O–H groups in total. The summed E-state index contributed by atoms with van der Waals surface area (Å²) in [5.74, 6) is -2.52. The molecule has 16 heteroatoms. The number of amides is 6. The lowest BCUT2D eigenvalue weighted by atomic mass is 10.0. The number of nitrogens with one attached hydrogen (secondary N) is 5. The van der Waals surface area contributed by atoms with Gasteiger partial charge in [-0.05, 0) is 62.5 Å². The Morgan fingerprint density at radius 1 is 1.00 bits per heavy atom. The second-order valence-corrected chi connectivity index (χ2v) is 15.4. The maximum Gasteiger partial charge on any atom is 0.271 e. The number of ether oxygens (including phenoxy) is 1. The van der Waals surface area contributed by atoms with Gasteiger partial charge in [-0.25, -0.2) is 4.98 Å². The molecule has 1 fully saturated rings. The highest BCUT2D eigenvalue weighted by atomic mass is 32.2. The molecule has 4 rings (SSSR count). The number of carbonyl (C=O) groups excluding carboxylic acids is 6. The summed E-state index contributed by atoms with van der Waals surface area (Å²) >= 11 is 2.71. The number of hydrogen-bond donors (Lipinski definition) is 5. The quantitative estimate of drug-likeness (QED) is 0.268. The maximum atomic E-state index is 14.0. The van der Waals surface area contributed by atoms with E-state index >= 15 is 0 Å². The van der Waals surface area contributed by atoms with E-state index in [1.165, 1.54) is 34.9 Å². The van der Waals surface area contributed by atoms with Crippen LogP contribution >= 0.6 is 23.1 Å². The number of thiazole rings is 1. The first kappa shape index (κ1) is 40.7. The minimum absolute atomic E-state index is 0.00457. The molecule has 6 atom stereocenters. The van der Waals surface area contributed by atoms with Gasteiger partial charge in [0.2, 0.25) is 23.6 Å². The highest BCUT2D eigenvalue weighted by Gasteiger charge is 2.34. The monoisotopic (exact) mass is 757 g/mol. The van der Waals surface area contributed by atoms with Crippen molar-refractivity contribution in [1.29, 1.82) is 0 Å². The van der Waals surface area contributed by atoms with E-state index in [1.54, 1.807) is 12.3 Å². The molecule has 3 heterocycles. The van der Waals surface area contributed by atoms with Gasteiger partial charge in [-0.2, -0.15) is 11.8 Å². The van der Waals surface area contributed by atoms with Crippen molar-refractivity contribution in [2.24, 2.45) is 5.92 Å². The fraction of sp³-hybridized carbons (Fsp3) is 0.583. The van der Waals surface area contributed by atoms with Crippen molar-refractivity contribution in [2.45, 2.75) is 96.1 Å². The number of carbonyl (C=O) groups is 6. The lowest BCUT2D eigenvalue weighted by Crippen LogP contribution is -2.58. The van der Waals surface area contributed by atoms with Crippen molar-refractivity contribution in [1.82, 2.24) is 36.5 Å². The van der Waals surface area contributed by atoms with Crippen LogP contribution in [0, 0.1) is 5.92 Å². The van der Waals surface area contributed by atoms with Crippen LogP contribution in [0.5, 0.6) is 0 Å². The minimum Gasteiger partial charge on any atom is -0.368 e. The molecule has 0 saturated carbocycles.